The molecular formula is C7H10O4. The Labute approximate surface area is 64.5 Å². The van der Waals surface area contributed by atoms with Gasteiger partial charge in [0, 0.05) is 6.42 Å². The van der Waals surface area contributed by atoms with Crippen LogP contribution in [0.25, 0.3) is 0 Å². The largest absolute Gasteiger partial charge is 0.465 e. The van der Waals surface area contributed by atoms with E-state index in [0.717, 1.165) is 0 Å². The minimum Gasteiger partial charge on any atom is -0.465 e. The van der Waals surface area contributed by atoms with Gasteiger partial charge in [-0.2, -0.15) is 0 Å². The van der Waals surface area contributed by atoms with Gasteiger partial charge in [-0.15, -0.1) is 0 Å². The lowest BCUT2D eigenvalue weighted by Gasteiger charge is -2.30. The minimum atomic E-state index is -0.642. The molecule has 0 N–H and O–H groups in total. The summed E-state index contributed by atoms with van der Waals surface area (Å²) in [5.74, 6) is -0.305. The first kappa shape index (κ1) is 8.04. The van der Waals surface area contributed by atoms with E-state index in [1.54, 1.807) is 6.92 Å². The van der Waals surface area contributed by atoms with Crippen molar-refractivity contribution < 1.29 is 19.1 Å². The number of ether oxygens (including phenoxy) is 2. The minimum absolute atomic E-state index is 0.158. The molecule has 11 heavy (non-hydrogen) atoms. The van der Waals surface area contributed by atoms with E-state index < -0.39 is 5.60 Å². The number of cyclic esters (lactones) is 1. The normalized spacial score (nSPS) is 30.8. The summed E-state index contributed by atoms with van der Waals surface area (Å²) in [5, 5.41) is 0. The first-order valence-corrected chi connectivity index (χ1v) is 3.43. The molecule has 1 aliphatic heterocycles. The van der Waals surface area contributed by atoms with Gasteiger partial charge < -0.3 is 9.47 Å². The third-order valence-electron chi connectivity index (χ3n) is 1.74. The molecule has 0 aliphatic carbocycles. The van der Waals surface area contributed by atoms with Crippen LogP contribution < -0.4 is 0 Å². The van der Waals surface area contributed by atoms with Crippen LogP contribution in [0.1, 0.15) is 19.8 Å². The van der Waals surface area contributed by atoms with Crippen molar-refractivity contribution in [1.82, 2.24) is 0 Å². The van der Waals surface area contributed by atoms with Crippen LogP contribution in [-0.4, -0.2) is 24.6 Å². The molecule has 0 bridgehead atoms. The third kappa shape index (κ3) is 1.93. The fraction of sp³-hybridized carbons (Fsp3) is 0.714. The van der Waals surface area contributed by atoms with Gasteiger partial charge in [-0.25, -0.2) is 0 Å². The fourth-order valence-corrected chi connectivity index (χ4v) is 1.04. The lowest BCUT2D eigenvalue weighted by molar-refractivity contribution is -0.166. The second-order valence-electron chi connectivity index (χ2n) is 2.81. The zero-order valence-corrected chi connectivity index (χ0v) is 6.33. The van der Waals surface area contributed by atoms with E-state index in [0.29, 0.717) is 19.5 Å². The molecule has 0 spiro atoms. The van der Waals surface area contributed by atoms with Crippen molar-refractivity contribution in [2.45, 2.75) is 25.4 Å². The summed E-state index contributed by atoms with van der Waals surface area (Å²) < 4.78 is 9.44. The standard InChI is InChI=1S/C7H10O4/c1-7(11-5-8)2-3-10-6(9)4-7/h5H,2-4H2,1H3. The number of esters is 1. The van der Waals surface area contributed by atoms with Crippen molar-refractivity contribution in [3.05, 3.63) is 0 Å². The maximum absolute atomic E-state index is 10.7. The van der Waals surface area contributed by atoms with Crippen molar-refractivity contribution >= 4 is 12.4 Å². The molecule has 0 saturated carbocycles. The first-order chi connectivity index (χ1) is 5.16. The summed E-state index contributed by atoms with van der Waals surface area (Å²) in [7, 11) is 0. The van der Waals surface area contributed by atoms with Crippen LogP contribution in [0.15, 0.2) is 0 Å². The number of carbonyl (C=O) groups excluding carboxylic acids is 2. The Balaban J connectivity index is 2.54. The van der Waals surface area contributed by atoms with E-state index in [9.17, 15) is 9.59 Å². The Bertz CT molecular complexity index is 177. The fourth-order valence-electron chi connectivity index (χ4n) is 1.04. The van der Waals surface area contributed by atoms with Gasteiger partial charge in [0.25, 0.3) is 6.47 Å². The van der Waals surface area contributed by atoms with Crippen molar-refractivity contribution in [2.24, 2.45) is 0 Å². The van der Waals surface area contributed by atoms with Crippen LogP contribution in [0.4, 0.5) is 0 Å². The van der Waals surface area contributed by atoms with Crippen molar-refractivity contribution in [1.29, 1.82) is 0 Å². The quantitative estimate of drug-likeness (QED) is 0.427. The molecule has 62 valence electrons. The maximum atomic E-state index is 10.7. The Morgan fingerprint density at radius 3 is 3.00 bits per heavy atom. The maximum Gasteiger partial charge on any atom is 0.309 e. The van der Waals surface area contributed by atoms with Gasteiger partial charge in [0.2, 0.25) is 0 Å². The van der Waals surface area contributed by atoms with Gasteiger partial charge in [0.1, 0.15) is 5.60 Å². The SMILES string of the molecule is CC1(OC=O)CCOC(=O)C1. The monoisotopic (exact) mass is 158 g/mol. The lowest BCUT2D eigenvalue weighted by Crippen LogP contribution is -2.38. The van der Waals surface area contributed by atoms with Crippen LogP contribution in [-0.2, 0) is 19.1 Å². The van der Waals surface area contributed by atoms with Crippen LogP contribution in [0.2, 0.25) is 0 Å². The van der Waals surface area contributed by atoms with Gasteiger partial charge in [0.15, 0.2) is 0 Å². The Hall–Kier alpha value is -1.06. The zero-order valence-electron chi connectivity index (χ0n) is 6.33. The summed E-state index contributed by atoms with van der Waals surface area (Å²) in [4.78, 5) is 20.7. The average Bonchev–Trinajstić information content (AvgIpc) is 1.86. The summed E-state index contributed by atoms with van der Waals surface area (Å²) in [5.41, 5.74) is -0.642. The van der Waals surface area contributed by atoms with Crippen molar-refractivity contribution in [3.63, 3.8) is 0 Å². The number of hydrogen-bond acceptors (Lipinski definition) is 4. The van der Waals surface area contributed by atoms with E-state index >= 15 is 0 Å². The molecule has 1 aliphatic rings. The molecule has 1 atom stereocenters. The molecule has 1 heterocycles. The Kier molecular flexibility index (Phi) is 2.12. The van der Waals surface area contributed by atoms with Crippen molar-refractivity contribution in [3.8, 4) is 0 Å². The summed E-state index contributed by atoms with van der Waals surface area (Å²) >= 11 is 0. The number of carbonyl (C=O) groups is 2. The highest BCUT2D eigenvalue weighted by molar-refractivity contribution is 5.71. The highest BCUT2D eigenvalue weighted by Crippen LogP contribution is 2.23. The van der Waals surface area contributed by atoms with E-state index in [1.165, 1.54) is 0 Å². The topological polar surface area (TPSA) is 52.6 Å². The smallest absolute Gasteiger partial charge is 0.309 e. The van der Waals surface area contributed by atoms with Gasteiger partial charge in [-0.05, 0) is 6.92 Å². The van der Waals surface area contributed by atoms with Crippen LogP contribution in [0.3, 0.4) is 0 Å². The lowest BCUT2D eigenvalue weighted by atomic mass is 9.96. The van der Waals surface area contributed by atoms with Gasteiger partial charge in [0.05, 0.1) is 13.0 Å². The van der Waals surface area contributed by atoms with Gasteiger partial charge in [-0.1, -0.05) is 0 Å². The third-order valence-corrected chi connectivity index (χ3v) is 1.74. The summed E-state index contributed by atoms with van der Waals surface area (Å²) in [6.07, 6.45) is 0.739. The number of hydrogen-bond donors (Lipinski definition) is 0. The highest BCUT2D eigenvalue weighted by Gasteiger charge is 2.33. The van der Waals surface area contributed by atoms with Crippen LogP contribution in [0, 0.1) is 0 Å². The van der Waals surface area contributed by atoms with Crippen molar-refractivity contribution in [2.75, 3.05) is 6.61 Å². The average molecular weight is 158 g/mol. The second-order valence-corrected chi connectivity index (χ2v) is 2.81. The van der Waals surface area contributed by atoms with E-state index in [4.69, 9.17) is 4.74 Å². The molecule has 0 aromatic rings. The Morgan fingerprint density at radius 1 is 1.73 bits per heavy atom. The molecule has 4 heteroatoms. The number of rotatable bonds is 2. The predicted molar refractivity (Wildman–Crippen MR) is 35.7 cm³/mol. The molecule has 0 radical (unpaired) electrons. The van der Waals surface area contributed by atoms with Crippen LogP contribution in [0.5, 0.6) is 0 Å². The molecule has 1 unspecified atom stereocenters. The van der Waals surface area contributed by atoms with Gasteiger partial charge >= 0.3 is 5.97 Å². The molecule has 1 fully saturated rings. The molecule has 1 saturated heterocycles. The summed E-state index contributed by atoms with van der Waals surface area (Å²) in [6.45, 7) is 2.43. The zero-order chi connectivity index (χ0) is 8.32. The molecular weight excluding hydrogens is 148 g/mol. The molecule has 4 nitrogen and oxygen atoms in total. The predicted octanol–water partition coefficient (Wildman–Crippen LogP) is 0.255. The highest BCUT2D eigenvalue weighted by atomic mass is 16.6. The Morgan fingerprint density at radius 2 is 2.45 bits per heavy atom. The molecule has 0 aromatic carbocycles. The van der Waals surface area contributed by atoms with E-state index in [2.05, 4.69) is 4.74 Å². The molecule has 0 amide bonds. The van der Waals surface area contributed by atoms with Gasteiger partial charge in [-0.3, -0.25) is 9.59 Å². The first-order valence-electron chi connectivity index (χ1n) is 3.43. The second kappa shape index (κ2) is 2.90. The van der Waals surface area contributed by atoms with E-state index in [-0.39, 0.29) is 12.4 Å². The molecule has 0 aromatic heterocycles. The van der Waals surface area contributed by atoms with E-state index in [1.807, 2.05) is 0 Å². The summed E-state index contributed by atoms with van der Waals surface area (Å²) in [6, 6.07) is 0. The molecule has 1 rings (SSSR count). The van der Waals surface area contributed by atoms with Crippen LogP contribution >= 0.6 is 0 Å².